The number of aromatic nitrogens is 1. The summed E-state index contributed by atoms with van der Waals surface area (Å²) in [6, 6.07) is 12.6. The summed E-state index contributed by atoms with van der Waals surface area (Å²) in [7, 11) is -3.90. The number of halogens is 4. The first-order chi connectivity index (χ1) is 16.0. The first-order valence-corrected chi connectivity index (χ1v) is 13.4. The highest BCUT2D eigenvalue weighted by molar-refractivity contribution is 7.89. The van der Waals surface area contributed by atoms with E-state index in [0.717, 1.165) is 23.0 Å². The van der Waals surface area contributed by atoms with Crippen molar-refractivity contribution >= 4 is 68.9 Å². The first-order valence-electron chi connectivity index (χ1n) is 11.2. The van der Waals surface area contributed by atoms with Crippen molar-refractivity contribution in [2.75, 3.05) is 13.1 Å². The Labute approximate surface area is 236 Å². The van der Waals surface area contributed by atoms with Crippen molar-refractivity contribution in [3.63, 3.8) is 0 Å². The summed E-state index contributed by atoms with van der Waals surface area (Å²) in [6.07, 6.45) is 1.38. The lowest BCUT2D eigenvalue weighted by Crippen LogP contribution is -2.46. The zero-order valence-electron chi connectivity index (χ0n) is 20.8. The van der Waals surface area contributed by atoms with E-state index in [1.165, 1.54) is 10.4 Å². The van der Waals surface area contributed by atoms with Crippen molar-refractivity contribution in [3.05, 3.63) is 63.8 Å². The van der Waals surface area contributed by atoms with Crippen LogP contribution >= 0.6 is 48.0 Å². The number of unbranched alkanes of at least 4 members (excludes halogenated alkanes) is 1. The molecule has 2 aromatic carbocycles. The minimum atomic E-state index is -3.90. The van der Waals surface area contributed by atoms with Crippen molar-refractivity contribution in [1.29, 1.82) is 0 Å². The lowest BCUT2D eigenvalue weighted by atomic mass is 10.1. The Morgan fingerprint density at radius 3 is 2.36 bits per heavy atom. The average Bonchev–Trinajstić information content (AvgIpc) is 2.75. The van der Waals surface area contributed by atoms with Gasteiger partial charge in [0.2, 0.25) is 10.0 Å². The van der Waals surface area contributed by atoms with Gasteiger partial charge in [0, 0.05) is 33.7 Å². The van der Waals surface area contributed by atoms with E-state index >= 15 is 0 Å². The van der Waals surface area contributed by atoms with Crippen molar-refractivity contribution in [1.82, 2.24) is 9.29 Å². The molecule has 0 unspecified atom stereocenters. The molecule has 6 nitrogen and oxygen atoms in total. The van der Waals surface area contributed by atoms with E-state index in [1.54, 1.807) is 6.07 Å². The van der Waals surface area contributed by atoms with Crippen LogP contribution in [0.3, 0.4) is 0 Å². The Morgan fingerprint density at radius 1 is 1.03 bits per heavy atom. The molecule has 11 heteroatoms. The molecule has 0 bridgehead atoms. The number of hydrogen-bond donors (Lipinski definition) is 1. The Morgan fingerprint density at radius 2 is 1.72 bits per heavy atom. The number of fused-ring (bicyclic) bond motifs is 1. The van der Waals surface area contributed by atoms with Gasteiger partial charge in [-0.2, -0.15) is 4.31 Å². The quantitative estimate of drug-likeness (QED) is 0.274. The third kappa shape index (κ3) is 7.38. The van der Waals surface area contributed by atoms with Gasteiger partial charge < -0.3 is 10.5 Å². The highest BCUT2D eigenvalue weighted by Crippen LogP contribution is 2.36. The SMILES string of the molecule is Cc1ccc2cccc(OCc3c(Cl)ccc(S(=O)(=O)N(CCCCN)C(C)(C)C)c3Cl)c2n1.Cl.Cl. The molecular weight excluding hydrogens is 564 g/mol. The van der Waals surface area contributed by atoms with Crippen LogP contribution in [0.1, 0.15) is 44.9 Å². The Balaban J connectivity index is 0.00000324. The second-order valence-electron chi connectivity index (χ2n) is 9.15. The monoisotopic (exact) mass is 595 g/mol. The molecule has 0 spiro atoms. The van der Waals surface area contributed by atoms with Crippen LogP contribution in [0.15, 0.2) is 47.4 Å². The predicted molar refractivity (Wildman–Crippen MR) is 154 cm³/mol. The summed E-state index contributed by atoms with van der Waals surface area (Å²) in [6.45, 7) is 8.33. The van der Waals surface area contributed by atoms with Gasteiger partial charge in [0.25, 0.3) is 0 Å². The second kappa shape index (κ2) is 13.5. The van der Waals surface area contributed by atoms with E-state index in [1.807, 2.05) is 58.0 Å². The minimum Gasteiger partial charge on any atom is -0.487 e. The zero-order chi connectivity index (χ0) is 25.1. The van der Waals surface area contributed by atoms with Crippen LogP contribution in [0.25, 0.3) is 10.9 Å². The summed E-state index contributed by atoms with van der Waals surface area (Å²) in [5, 5.41) is 1.33. The third-order valence-electron chi connectivity index (χ3n) is 5.48. The van der Waals surface area contributed by atoms with Crippen molar-refractivity contribution < 1.29 is 13.2 Å². The highest BCUT2D eigenvalue weighted by Gasteiger charge is 2.35. The lowest BCUT2D eigenvalue weighted by Gasteiger charge is -2.35. The number of ether oxygens (including phenoxy) is 1. The summed E-state index contributed by atoms with van der Waals surface area (Å²) in [5.74, 6) is 0.569. The zero-order valence-corrected chi connectivity index (χ0v) is 24.7. The van der Waals surface area contributed by atoms with Crippen LogP contribution < -0.4 is 10.5 Å². The summed E-state index contributed by atoms with van der Waals surface area (Å²) in [4.78, 5) is 4.58. The molecular formula is C25H33Cl4N3O3S. The molecule has 0 saturated heterocycles. The van der Waals surface area contributed by atoms with Gasteiger partial charge >= 0.3 is 0 Å². The van der Waals surface area contributed by atoms with Crippen molar-refractivity contribution in [3.8, 4) is 5.75 Å². The van der Waals surface area contributed by atoms with Crippen LogP contribution in [0.4, 0.5) is 0 Å². The van der Waals surface area contributed by atoms with Gasteiger partial charge in [0.15, 0.2) is 0 Å². The molecule has 0 atom stereocenters. The molecule has 36 heavy (non-hydrogen) atoms. The fraction of sp³-hybridized carbons (Fsp3) is 0.400. The molecule has 0 aliphatic heterocycles. The van der Waals surface area contributed by atoms with E-state index in [4.69, 9.17) is 33.7 Å². The summed E-state index contributed by atoms with van der Waals surface area (Å²) >= 11 is 13.1. The molecule has 0 aliphatic rings. The van der Waals surface area contributed by atoms with Gasteiger partial charge in [-0.1, -0.05) is 41.4 Å². The number of rotatable bonds is 9. The van der Waals surface area contributed by atoms with E-state index in [9.17, 15) is 8.42 Å². The Hall–Kier alpha value is -1.32. The van der Waals surface area contributed by atoms with Gasteiger partial charge in [-0.05, 0) is 71.3 Å². The largest absolute Gasteiger partial charge is 0.487 e. The Kier molecular flexibility index (Phi) is 12.2. The van der Waals surface area contributed by atoms with Gasteiger partial charge in [-0.25, -0.2) is 13.4 Å². The van der Waals surface area contributed by atoms with Gasteiger partial charge in [-0.3, -0.25) is 0 Å². The number of para-hydroxylation sites is 1. The number of pyridine rings is 1. The smallest absolute Gasteiger partial charge is 0.245 e. The molecule has 0 amide bonds. The maximum absolute atomic E-state index is 13.7. The van der Waals surface area contributed by atoms with E-state index in [2.05, 4.69) is 4.98 Å². The Bertz CT molecular complexity index is 1280. The number of sulfonamides is 1. The molecule has 200 valence electrons. The van der Waals surface area contributed by atoms with Crippen LogP contribution in [-0.2, 0) is 16.6 Å². The fourth-order valence-electron chi connectivity index (χ4n) is 3.73. The minimum absolute atomic E-state index is 0. The molecule has 1 aromatic heterocycles. The lowest BCUT2D eigenvalue weighted by molar-refractivity contribution is 0.246. The number of nitrogens with zero attached hydrogens (tertiary/aromatic N) is 2. The van der Waals surface area contributed by atoms with E-state index < -0.39 is 15.6 Å². The van der Waals surface area contributed by atoms with Gasteiger partial charge in [-0.15, -0.1) is 24.8 Å². The number of benzene rings is 2. The van der Waals surface area contributed by atoms with E-state index in [0.29, 0.717) is 35.8 Å². The molecule has 3 rings (SSSR count). The van der Waals surface area contributed by atoms with Gasteiger partial charge in [0.1, 0.15) is 22.8 Å². The second-order valence-corrected chi connectivity index (χ2v) is 11.8. The van der Waals surface area contributed by atoms with Crippen LogP contribution in [0.2, 0.25) is 10.0 Å². The molecule has 0 fully saturated rings. The third-order valence-corrected chi connectivity index (χ3v) is 8.58. The number of nitrogens with two attached hydrogens (primary N) is 1. The summed E-state index contributed by atoms with van der Waals surface area (Å²) < 4.78 is 34.8. The molecule has 1 heterocycles. The molecule has 0 radical (unpaired) electrons. The first kappa shape index (κ1) is 32.7. The molecule has 0 saturated carbocycles. The molecule has 3 aromatic rings. The van der Waals surface area contributed by atoms with Gasteiger partial charge in [0.05, 0.1) is 5.02 Å². The topological polar surface area (TPSA) is 85.5 Å². The van der Waals surface area contributed by atoms with E-state index in [-0.39, 0.29) is 41.3 Å². The predicted octanol–water partition coefficient (Wildman–Crippen LogP) is 6.80. The maximum atomic E-state index is 13.7. The van der Waals surface area contributed by atoms with Crippen molar-refractivity contribution in [2.45, 2.75) is 57.6 Å². The summed E-state index contributed by atoms with van der Waals surface area (Å²) in [5.41, 5.74) is 6.96. The molecule has 2 N–H and O–H groups in total. The highest BCUT2D eigenvalue weighted by atomic mass is 35.5. The average molecular weight is 597 g/mol. The fourth-order valence-corrected chi connectivity index (χ4v) is 6.42. The number of hydrogen-bond acceptors (Lipinski definition) is 5. The van der Waals surface area contributed by atoms with Crippen LogP contribution in [0.5, 0.6) is 5.75 Å². The van der Waals surface area contributed by atoms with Crippen molar-refractivity contribution in [2.24, 2.45) is 5.73 Å². The number of aryl methyl sites for hydroxylation is 1. The maximum Gasteiger partial charge on any atom is 0.245 e. The molecule has 0 aliphatic carbocycles. The normalized spacial score (nSPS) is 11.8. The van der Waals surface area contributed by atoms with Crippen LogP contribution in [0, 0.1) is 6.92 Å². The standard InChI is InChI=1S/C25H31Cl2N3O3S.2ClH/c1-17-10-11-18-8-7-9-21(24(18)29-17)33-16-19-20(26)12-13-22(23(19)27)34(31,32)30(25(2,3)4)15-6-5-14-28;;/h7-13H,5-6,14-16,28H2,1-4H3;2*1H. The van der Waals surface area contributed by atoms with Crippen LogP contribution in [-0.4, -0.2) is 36.3 Å².